The van der Waals surface area contributed by atoms with Gasteiger partial charge in [0.15, 0.2) is 0 Å². The molecule has 0 aliphatic carbocycles. The number of hydrogen-bond donors (Lipinski definition) is 0. The molecule has 3 aromatic rings. The van der Waals surface area contributed by atoms with Gasteiger partial charge in [-0.05, 0) is 25.5 Å². The highest BCUT2D eigenvalue weighted by Gasteiger charge is 2.09. The second-order valence-corrected chi connectivity index (χ2v) is 4.45. The van der Waals surface area contributed by atoms with E-state index in [9.17, 15) is 0 Å². The molecule has 18 heavy (non-hydrogen) atoms. The van der Waals surface area contributed by atoms with E-state index in [0.717, 1.165) is 29.1 Å². The minimum atomic E-state index is 0.686. The van der Waals surface area contributed by atoms with Crippen molar-refractivity contribution in [2.24, 2.45) is 0 Å². The van der Waals surface area contributed by atoms with E-state index in [1.165, 1.54) is 5.56 Å². The van der Waals surface area contributed by atoms with Crippen molar-refractivity contribution in [3.63, 3.8) is 0 Å². The molecule has 3 heteroatoms. The van der Waals surface area contributed by atoms with Gasteiger partial charge in [0.05, 0.1) is 11.1 Å². The highest BCUT2D eigenvalue weighted by molar-refractivity contribution is 5.76. The lowest BCUT2D eigenvalue weighted by molar-refractivity contribution is 0.551. The smallest absolute Gasteiger partial charge is 0.229 e. The summed E-state index contributed by atoms with van der Waals surface area (Å²) in [7, 11) is 0. The summed E-state index contributed by atoms with van der Waals surface area (Å²) in [6.45, 7) is 3.87. The van der Waals surface area contributed by atoms with Gasteiger partial charge in [-0.2, -0.15) is 4.98 Å². The van der Waals surface area contributed by atoms with E-state index >= 15 is 0 Å². The topological polar surface area (TPSA) is 38.9 Å². The van der Waals surface area contributed by atoms with Crippen LogP contribution in [0.3, 0.4) is 0 Å². The number of hydrogen-bond acceptors (Lipinski definition) is 3. The number of benzene rings is 1. The van der Waals surface area contributed by atoms with Crippen molar-refractivity contribution in [1.29, 1.82) is 0 Å². The maximum Gasteiger partial charge on any atom is 0.229 e. The largest absolute Gasteiger partial charge is 0.442 e. The van der Waals surface area contributed by atoms with Gasteiger partial charge in [0.1, 0.15) is 11.6 Å². The standard InChI is InChI=1S/C15H14N2O/c1-10-14-9-13(8-12-6-4-3-5-7-12)18-15(14)17-11(2)16-10/h3-7,9H,8H2,1-2H3. The first-order valence-electron chi connectivity index (χ1n) is 6.00. The van der Waals surface area contributed by atoms with Crippen LogP contribution in [0.2, 0.25) is 0 Å². The molecule has 2 aromatic heterocycles. The van der Waals surface area contributed by atoms with Crippen LogP contribution in [0.25, 0.3) is 11.1 Å². The predicted octanol–water partition coefficient (Wildman–Crippen LogP) is 3.43. The molecule has 0 N–H and O–H groups in total. The minimum absolute atomic E-state index is 0.686. The normalized spacial score (nSPS) is 11.0. The van der Waals surface area contributed by atoms with Gasteiger partial charge < -0.3 is 4.42 Å². The lowest BCUT2D eigenvalue weighted by Gasteiger charge is -1.96. The van der Waals surface area contributed by atoms with Gasteiger partial charge in [-0.15, -0.1) is 0 Å². The number of aryl methyl sites for hydroxylation is 2. The van der Waals surface area contributed by atoms with Crippen LogP contribution in [0.5, 0.6) is 0 Å². The number of aromatic nitrogens is 2. The van der Waals surface area contributed by atoms with Gasteiger partial charge in [-0.3, -0.25) is 0 Å². The van der Waals surface area contributed by atoms with E-state index in [1.54, 1.807) is 0 Å². The van der Waals surface area contributed by atoms with E-state index < -0.39 is 0 Å². The molecule has 3 rings (SSSR count). The summed E-state index contributed by atoms with van der Waals surface area (Å²) < 4.78 is 5.78. The second-order valence-electron chi connectivity index (χ2n) is 4.45. The van der Waals surface area contributed by atoms with Crippen molar-refractivity contribution < 1.29 is 4.42 Å². The zero-order valence-corrected chi connectivity index (χ0v) is 10.5. The SMILES string of the molecule is Cc1nc(C)c2cc(Cc3ccccc3)oc2n1. The quantitative estimate of drug-likeness (QED) is 0.686. The highest BCUT2D eigenvalue weighted by atomic mass is 16.3. The monoisotopic (exact) mass is 238 g/mol. The molecule has 0 atom stereocenters. The molecule has 0 bridgehead atoms. The molecular weight excluding hydrogens is 224 g/mol. The van der Waals surface area contributed by atoms with Crippen molar-refractivity contribution in [3.05, 3.63) is 59.2 Å². The molecule has 0 unspecified atom stereocenters. The molecule has 0 aliphatic rings. The van der Waals surface area contributed by atoms with Crippen LogP contribution in [0.15, 0.2) is 40.8 Å². The fourth-order valence-corrected chi connectivity index (χ4v) is 2.13. The van der Waals surface area contributed by atoms with Crippen LogP contribution >= 0.6 is 0 Å². The molecule has 1 aromatic carbocycles. The molecule has 90 valence electrons. The van der Waals surface area contributed by atoms with Crippen molar-refractivity contribution in [1.82, 2.24) is 9.97 Å². The number of rotatable bonds is 2. The maximum absolute atomic E-state index is 5.78. The summed E-state index contributed by atoms with van der Waals surface area (Å²) in [5.41, 5.74) is 2.89. The first-order valence-corrected chi connectivity index (χ1v) is 6.00. The molecule has 2 heterocycles. The fraction of sp³-hybridized carbons (Fsp3) is 0.200. The van der Waals surface area contributed by atoms with Gasteiger partial charge in [-0.1, -0.05) is 30.3 Å². The van der Waals surface area contributed by atoms with Gasteiger partial charge in [0.2, 0.25) is 5.71 Å². The molecule has 0 amide bonds. The minimum Gasteiger partial charge on any atom is -0.442 e. The van der Waals surface area contributed by atoms with Gasteiger partial charge in [0, 0.05) is 6.42 Å². The molecule has 0 spiro atoms. The number of nitrogens with zero attached hydrogens (tertiary/aromatic N) is 2. The van der Waals surface area contributed by atoms with E-state index in [4.69, 9.17) is 4.42 Å². The second kappa shape index (κ2) is 4.26. The predicted molar refractivity (Wildman–Crippen MR) is 70.5 cm³/mol. The summed E-state index contributed by atoms with van der Waals surface area (Å²) in [5, 5.41) is 1.01. The Morgan fingerprint density at radius 1 is 1.06 bits per heavy atom. The van der Waals surface area contributed by atoms with Crippen molar-refractivity contribution in [2.75, 3.05) is 0 Å². The van der Waals surface area contributed by atoms with Crippen molar-refractivity contribution >= 4 is 11.1 Å². The van der Waals surface area contributed by atoms with E-state index in [1.807, 2.05) is 38.1 Å². The Morgan fingerprint density at radius 2 is 1.83 bits per heavy atom. The lowest BCUT2D eigenvalue weighted by Crippen LogP contribution is -1.89. The molecule has 0 saturated carbocycles. The summed E-state index contributed by atoms with van der Waals surface area (Å²) in [6, 6.07) is 12.3. The highest BCUT2D eigenvalue weighted by Crippen LogP contribution is 2.22. The third-order valence-electron chi connectivity index (χ3n) is 2.97. The third kappa shape index (κ3) is 1.99. The average molecular weight is 238 g/mol. The molecule has 0 aliphatic heterocycles. The van der Waals surface area contributed by atoms with Gasteiger partial charge >= 0.3 is 0 Å². The molecular formula is C15H14N2O. The van der Waals surface area contributed by atoms with Crippen molar-refractivity contribution in [3.8, 4) is 0 Å². The zero-order valence-electron chi connectivity index (χ0n) is 10.5. The summed E-state index contributed by atoms with van der Waals surface area (Å²) >= 11 is 0. The Labute approximate surface area is 105 Å². The van der Waals surface area contributed by atoms with E-state index in [0.29, 0.717) is 5.71 Å². The Hall–Kier alpha value is -2.16. The van der Waals surface area contributed by atoms with Gasteiger partial charge in [0.25, 0.3) is 0 Å². The Balaban J connectivity index is 2.01. The first-order chi connectivity index (χ1) is 8.72. The molecule has 3 nitrogen and oxygen atoms in total. The van der Waals surface area contributed by atoms with E-state index in [-0.39, 0.29) is 0 Å². The lowest BCUT2D eigenvalue weighted by atomic mass is 10.1. The summed E-state index contributed by atoms with van der Waals surface area (Å²) in [5.74, 6) is 1.68. The maximum atomic E-state index is 5.78. The zero-order chi connectivity index (χ0) is 12.5. The Bertz CT molecular complexity index is 686. The van der Waals surface area contributed by atoms with Crippen LogP contribution in [0, 0.1) is 13.8 Å². The summed E-state index contributed by atoms with van der Waals surface area (Å²) in [4.78, 5) is 8.67. The molecule has 0 radical (unpaired) electrons. The molecule has 0 saturated heterocycles. The van der Waals surface area contributed by atoms with Crippen LogP contribution in [-0.4, -0.2) is 9.97 Å². The van der Waals surface area contributed by atoms with Crippen LogP contribution < -0.4 is 0 Å². The number of fused-ring (bicyclic) bond motifs is 1. The van der Waals surface area contributed by atoms with Crippen LogP contribution in [-0.2, 0) is 6.42 Å². The van der Waals surface area contributed by atoms with Crippen LogP contribution in [0.1, 0.15) is 22.8 Å². The van der Waals surface area contributed by atoms with E-state index in [2.05, 4.69) is 22.1 Å². The third-order valence-corrected chi connectivity index (χ3v) is 2.97. The van der Waals surface area contributed by atoms with Crippen LogP contribution in [0.4, 0.5) is 0 Å². The first kappa shape index (κ1) is 11.0. The Kier molecular flexibility index (Phi) is 2.59. The average Bonchev–Trinajstić information content (AvgIpc) is 2.73. The summed E-state index contributed by atoms with van der Waals surface area (Å²) in [6.07, 6.45) is 0.787. The van der Waals surface area contributed by atoms with Gasteiger partial charge in [-0.25, -0.2) is 4.98 Å². The Morgan fingerprint density at radius 3 is 2.61 bits per heavy atom. The number of furan rings is 1. The molecule has 0 fully saturated rings. The van der Waals surface area contributed by atoms with Crippen molar-refractivity contribution in [2.45, 2.75) is 20.3 Å². The fourth-order valence-electron chi connectivity index (χ4n) is 2.13.